The molecule has 0 unspecified atom stereocenters. The first-order valence-corrected chi connectivity index (χ1v) is 9.50. The van der Waals surface area contributed by atoms with Crippen molar-refractivity contribution in [2.45, 2.75) is 19.8 Å². The molecule has 0 aliphatic carbocycles. The van der Waals surface area contributed by atoms with Gasteiger partial charge in [0.2, 0.25) is 5.91 Å². The predicted octanol–water partition coefficient (Wildman–Crippen LogP) is 2.79. The SMILES string of the molecule is CCc1ccccc1N1C[C@@H](C(=O)OCC(=O)Nc2ccc(OC)cc2)CC1=O. The topological polar surface area (TPSA) is 84.9 Å². The van der Waals surface area contributed by atoms with E-state index in [-0.39, 0.29) is 18.9 Å². The van der Waals surface area contributed by atoms with Gasteiger partial charge < -0.3 is 19.7 Å². The summed E-state index contributed by atoms with van der Waals surface area (Å²) in [5.74, 6) is -1.01. The number of anilines is 2. The largest absolute Gasteiger partial charge is 0.497 e. The number of hydrogen-bond acceptors (Lipinski definition) is 5. The molecule has 3 rings (SSSR count). The summed E-state index contributed by atoms with van der Waals surface area (Å²) in [6.07, 6.45) is 0.873. The minimum Gasteiger partial charge on any atom is -0.497 e. The highest BCUT2D eigenvalue weighted by molar-refractivity contribution is 6.00. The Labute approximate surface area is 169 Å². The summed E-state index contributed by atoms with van der Waals surface area (Å²) in [6.45, 7) is 1.88. The second kappa shape index (κ2) is 9.23. The van der Waals surface area contributed by atoms with Crippen LogP contribution in [0, 0.1) is 5.92 Å². The van der Waals surface area contributed by atoms with Gasteiger partial charge in [0, 0.05) is 24.3 Å². The summed E-state index contributed by atoms with van der Waals surface area (Å²) in [7, 11) is 1.56. The Balaban J connectivity index is 1.53. The van der Waals surface area contributed by atoms with Crippen molar-refractivity contribution in [1.29, 1.82) is 0 Å². The Morgan fingerprint density at radius 3 is 2.55 bits per heavy atom. The molecule has 0 aromatic heterocycles. The number of rotatable bonds is 7. The lowest BCUT2D eigenvalue weighted by atomic mass is 10.1. The number of carbonyl (C=O) groups excluding carboxylic acids is 3. The van der Waals surface area contributed by atoms with Gasteiger partial charge in [-0.3, -0.25) is 14.4 Å². The molecule has 1 aliphatic heterocycles. The van der Waals surface area contributed by atoms with E-state index in [1.165, 1.54) is 0 Å². The molecular weight excluding hydrogens is 372 g/mol. The highest BCUT2D eigenvalue weighted by Gasteiger charge is 2.36. The fourth-order valence-corrected chi connectivity index (χ4v) is 3.30. The van der Waals surface area contributed by atoms with Crippen molar-refractivity contribution in [1.82, 2.24) is 0 Å². The van der Waals surface area contributed by atoms with Crippen molar-refractivity contribution in [2.24, 2.45) is 5.92 Å². The molecule has 1 atom stereocenters. The number of nitrogens with one attached hydrogen (secondary N) is 1. The zero-order chi connectivity index (χ0) is 20.8. The average Bonchev–Trinajstić information content (AvgIpc) is 3.14. The molecule has 29 heavy (non-hydrogen) atoms. The normalized spacial score (nSPS) is 15.9. The molecule has 2 amide bonds. The van der Waals surface area contributed by atoms with Crippen molar-refractivity contribution in [2.75, 3.05) is 30.5 Å². The van der Waals surface area contributed by atoms with Crippen LogP contribution < -0.4 is 15.0 Å². The molecule has 0 saturated carbocycles. The fraction of sp³-hybridized carbons (Fsp3) is 0.318. The van der Waals surface area contributed by atoms with Gasteiger partial charge >= 0.3 is 5.97 Å². The van der Waals surface area contributed by atoms with Gasteiger partial charge in [-0.05, 0) is 42.3 Å². The van der Waals surface area contributed by atoms with Crippen LogP contribution >= 0.6 is 0 Å². The van der Waals surface area contributed by atoms with Crippen LogP contribution in [0.3, 0.4) is 0 Å². The monoisotopic (exact) mass is 396 g/mol. The number of ether oxygens (including phenoxy) is 2. The molecule has 152 valence electrons. The quantitative estimate of drug-likeness (QED) is 0.728. The van der Waals surface area contributed by atoms with Crippen molar-refractivity contribution in [3.8, 4) is 5.75 Å². The standard InChI is InChI=1S/C22H24N2O5/c1-3-15-6-4-5-7-19(15)24-13-16(12-21(24)26)22(27)29-14-20(25)23-17-8-10-18(28-2)11-9-17/h4-11,16H,3,12-14H2,1-2H3,(H,23,25)/t16-/m0/s1. The van der Waals surface area contributed by atoms with Crippen molar-refractivity contribution >= 4 is 29.2 Å². The number of esters is 1. The molecule has 1 N–H and O–H groups in total. The summed E-state index contributed by atoms with van der Waals surface area (Å²) in [5.41, 5.74) is 2.45. The van der Waals surface area contributed by atoms with Gasteiger partial charge in [0.05, 0.1) is 13.0 Å². The molecule has 1 saturated heterocycles. The molecule has 0 spiro atoms. The van der Waals surface area contributed by atoms with Crippen molar-refractivity contribution < 1.29 is 23.9 Å². The number of para-hydroxylation sites is 1. The first-order chi connectivity index (χ1) is 14.0. The Bertz CT molecular complexity index is 894. The third-order valence-corrected chi connectivity index (χ3v) is 4.84. The third-order valence-electron chi connectivity index (χ3n) is 4.84. The number of carbonyl (C=O) groups is 3. The molecule has 2 aromatic rings. The van der Waals surface area contributed by atoms with Gasteiger partial charge in [0.25, 0.3) is 5.91 Å². The Kier molecular flexibility index (Phi) is 6.49. The molecular formula is C22H24N2O5. The molecule has 1 aliphatic rings. The lowest BCUT2D eigenvalue weighted by Gasteiger charge is -2.19. The van der Waals surface area contributed by atoms with Crippen LogP contribution in [0.1, 0.15) is 18.9 Å². The maximum absolute atomic E-state index is 12.4. The number of hydrogen-bond donors (Lipinski definition) is 1. The number of methoxy groups -OCH3 is 1. The Morgan fingerprint density at radius 2 is 1.86 bits per heavy atom. The van der Waals surface area contributed by atoms with Crippen LogP contribution in [0.4, 0.5) is 11.4 Å². The van der Waals surface area contributed by atoms with Crippen molar-refractivity contribution in [3.63, 3.8) is 0 Å². The lowest BCUT2D eigenvalue weighted by molar-refractivity contribution is -0.151. The van der Waals surface area contributed by atoms with Crippen LogP contribution in [0.5, 0.6) is 5.75 Å². The Morgan fingerprint density at radius 1 is 1.14 bits per heavy atom. The molecule has 7 heteroatoms. The molecule has 1 fully saturated rings. The Hall–Kier alpha value is -3.35. The number of benzene rings is 2. The third kappa shape index (κ3) is 4.93. The summed E-state index contributed by atoms with van der Waals surface area (Å²) >= 11 is 0. The van der Waals surface area contributed by atoms with E-state index >= 15 is 0 Å². The van der Waals surface area contributed by atoms with Gasteiger partial charge in [-0.1, -0.05) is 25.1 Å². The van der Waals surface area contributed by atoms with Crippen LogP contribution in [-0.2, 0) is 25.5 Å². The number of aryl methyl sites for hydroxylation is 1. The molecule has 1 heterocycles. The first kappa shape index (κ1) is 20.4. The van der Waals surface area contributed by atoms with E-state index in [9.17, 15) is 14.4 Å². The zero-order valence-electron chi connectivity index (χ0n) is 16.5. The molecule has 7 nitrogen and oxygen atoms in total. The van der Waals surface area contributed by atoms with Crippen LogP contribution in [0.2, 0.25) is 0 Å². The van der Waals surface area contributed by atoms with E-state index in [0.29, 0.717) is 11.4 Å². The van der Waals surface area contributed by atoms with Crippen LogP contribution in [0.15, 0.2) is 48.5 Å². The smallest absolute Gasteiger partial charge is 0.311 e. The van der Waals surface area contributed by atoms with Crippen molar-refractivity contribution in [3.05, 3.63) is 54.1 Å². The average molecular weight is 396 g/mol. The highest BCUT2D eigenvalue weighted by Crippen LogP contribution is 2.29. The highest BCUT2D eigenvalue weighted by atomic mass is 16.5. The summed E-state index contributed by atoms with van der Waals surface area (Å²) in [6, 6.07) is 14.5. The lowest BCUT2D eigenvalue weighted by Crippen LogP contribution is -2.28. The minimum atomic E-state index is -0.582. The zero-order valence-corrected chi connectivity index (χ0v) is 16.5. The van der Waals surface area contributed by atoms with E-state index < -0.39 is 24.4 Å². The molecule has 2 aromatic carbocycles. The van der Waals surface area contributed by atoms with Crippen LogP contribution in [0.25, 0.3) is 0 Å². The maximum Gasteiger partial charge on any atom is 0.311 e. The van der Waals surface area contributed by atoms with E-state index in [1.807, 2.05) is 31.2 Å². The van der Waals surface area contributed by atoms with E-state index in [0.717, 1.165) is 17.7 Å². The van der Waals surface area contributed by atoms with Gasteiger partial charge in [0.15, 0.2) is 6.61 Å². The van der Waals surface area contributed by atoms with Gasteiger partial charge in [-0.15, -0.1) is 0 Å². The van der Waals surface area contributed by atoms with Gasteiger partial charge in [0.1, 0.15) is 5.75 Å². The van der Waals surface area contributed by atoms with E-state index in [4.69, 9.17) is 9.47 Å². The van der Waals surface area contributed by atoms with E-state index in [2.05, 4.69) is 5.32 Å². The van der Waals surface area contributed by atoms with Gasteiger partial charge in [-0.25, -0.2) is 0 Å². The number of amides is 2. The predicted molar refractivity (Wildman–Crippen MR) is 109 cm³/mol. The first-order valence-electron chi connectivity index (χ1n) is 9.50. The second-order valence-electron chi connectivity index (χ2n) is 6.77. The summed E-state index contributed by atoms with van der Waals surface area (Å²) in [5, 5.41) is 2.65. The van der Waals surface area contributed by atoms with Crippen LogP contribution in [-0.4, -0.2) is 38.0 Å². The summed E-state index contributed by atoms with van der Waals surface area (Å²) in [4.78, 5) is 38.4. The molecule has 0 radical (unpaired) electrons. The second-order valence-corrected chi connectivity index (χ2v) is 6.77. The molecule has 0 bridgehead atoms. The van der Waals surface area contributed by atoms with Gasteiger partial charge in [-0.2, -0.15) is 0 Å². The summed E-state index contributed by atoms with van der Waals surface area (Å²) < 4.78 is 10.2. The van der Waals surface area contributed by atoms with E-state index in [1.54, 1.807) is 36.3 Å². The minimum absolute atomic E-state index is 0.0803. The number of nitrogens with zero attached hydrogens (tertiary/aromatic N) is 1. The fourth-order valence-electron chi connectivity index (χ4n) is 3.30. The maximum atomic E-state index is 12.4.